The second-order valence-electron chi connectivity index (χ2n) is 2.74. The van der Waals surface area contributed by atoms with Crippen molar-refractivity contribution in [2.45, 2.75) is 0 Å². The van der Waals surface area contributed by atoms with Crippen molar-refractivity contribution < 1.29 is 9.90 Å². The normalized spacial score (nSPS) is 10.4. The molecule has 2 aromatic heterocycles. The first-order valence-electron chi connectivity index (χ1n) is 3.84. The number of aryl methyl sites for hydroxylation is 1. The van der Waals surface area contributed by atoms with Gasteiger partial charge in [0.2, 0.25) is 0 Å². The van der Waals surface area contributed by atoms with Crippen LogP contribution in [0.25, 0.3) is 11.4 Å². The van der Waals surface area contributed by atoms with Gasteiger partial charge in [0.05, 0.1) is 5.51 Å². The van der Waals surface area contributed by atoms with Crippen molar-refractivity contribution in [2.24, 2.45) is 7.05 Å². The second kappa shape index (κ2) is 3.22. The Kier molecular flexibility index (Phi) is 2.05. The Labute approximate surface area is 83.6 Å². The van der Waals surface area contributed by atoms with Crippen LogP contribution in [0.1, 0.15) is 10.4 Å². The van der Waals surface area contributed by atoms with Crippen molar-refractivity contribution in [1.29, 1.82) is 0 Å². The van der Waals surface area contributed by atoms with Crippen LogP contribution in [0.5, 0.6) is 0 Å². The molecule has 0 atom stereocenters. The predicted octanol–water partition coefficient (Wildman–Crippen LogP) is 1.24. The van der Waals surface area contributed by atoms with Crippen LogP contribution in [0.2, 0.25) is 0 Å². The van der Waals surface area contributed by atoms with Gasteiger partial charge in [-0.05, 0) is 0 Å². The molecule has 5 nitrogen and oxygen atoms in total. The van der Waals surface area contributed by atoms with E-state index in [-0.39, 0.29) is 5.56 Å². The number of carbonyl (C=O) groups is 1. The average molecular weight is 209 g/mol. The summed E-state index contributed by atoms with van der Waals surface area (Å²) in [5.41, 5.74) is 2.85. The van der Waals surface area contributed by atoms with E-state index in [1.807, 2.05) is 0 Å². The van der Waals surface area contributed by atoms with Gasteiger partial charge in [0.15, 0.2) is 0 Å². The van der Waals surface area contributed by atoms with Crippen molar-refractivity contribution in [3.63, 3.8) is 0 Å². The van der Waals surface area contributed by atoms with Crippen LogP contribution in [-0.2, 0) is 7.05 Å². The van der Waals surface area contributed by atoms with Gasteiger partial charge in [-0.25, -0.2) is 9.78 Å². The Morgan fingerprint density at radius 2 is 2.43 bits per heavy atom. The number of carboxylic acid groups (broad SMARTS) is 1. The molecule has 0 radical (unpaired) electrons. The van der Waals surface area contributed by atoms with Crippen LogP contribution in [0, 0.1) is 0 Å². The Hall–Kier alpha value is -1.69. The van der Waals surface area contributed by atoms with E-state index in [2.05, 4.69) is 10.1 Å². The Morgan fingerprint density at radius 3 is 3.00 bits per heavy atom. The molecule has 0 spiro atoms. The summed E-state index contributed by atoms with van der Waals surface area (Å²) < 4.78 is 1.47. The number of thiazole rings is 1. The minimum absolute atomic E-state index is 0.179. The Balaban J connectivity index is 2.58. The SMILES string of the molecule is Cn1cc(C(=O)O)c(-c2cscn2)n1. The molecule has 6 heteroatoms. The quantitative estimate of drug-likeness (QED) is 0.808. The van der Waals surface area contributed by atoms with Crippen molar-refractivity contribution in [3.8, 4) is 11.4 Å². The molecule has 2 aromatic rings. The van der Waals surface area contributed by atoms with Crippen LogP contribution >= 0.6 is 11.3 Å². The van der Waals surface area contributed by atoms with E-state index in [9.17, 15) is 4.79 Å². The van der Waals surface area contributed by atoms with E-state index in [0.717, 1.165) is 0 Å². The molecule has 0 saturated heterocycles. The zero-order chi connectivity index (χ0) is 10.1. The smallest absolute Gasteiger partial charge is 0.339 e. The monoisotopic (exact) mass is 209 g/mol. The zero-order valence-electron chi connectivity index (χ0n) is 7.34. The first kappa shape index (κ1) is 8.89. The second-order valence-corrected chi connectivity index (χ2v) is 3.46. The highest BCUT2D eigenvalue weighted by Gasteiger charge is 2.16. The Morgan fingerprint density at radius 1 is 1.64 bits per heavy atom. The third-order valence-electron chi connectivity index (χ3n) is 1.73. The minimum atomic E-state index is -0.985. The van der Waals surface area contributed by atoms with Crippen LogP contribution in [-0.4, -0.2) is 25.8 Å². The van der Waals surface area contributed by atoms with Gasteiger partial charge >= 0.3 is 5.97 Å². The van der Waals surface area contributed by atoms with E-state index >= 15 is 0 Å². The van der Waals surface area contributed by atoms with E-state index < -0.39 is 5.97 Å². The predicted molar refractivity (Wildman–Crippen MR) is 51.3 cm³/mol. The van der Waals surface area contributed by atoms with Gasteiger partial charge in [-0.2, -0.15) is 5.10 Å². The molecule has 0 bridgehead atoms. The number of carboxylic acids is 1. The highest BCUT2D eigenvalue weighted by Crippen LogP contribution is 2.21. The number of hydrogen-bond acceptors (Lipinski definition) is 4. The highest BCUT2D eigenvalue weighted by molar-refractivity contribution is 7.07. The van der Waals surface area contributed by atoms with Crippen LogP contribution in [0.3, 0.4) is 0 Å². The summed E-state index contributed by atoms with van der Waals surface area (Å²) >= 11 is 1.41. The molecule has 14 heavy (non-hydrogen) atoms. The van der Waals surface area contributed by atoms with Gasteiger partial charge in [0.25, 0.3) is 0 Å². The molecule has 0 saturated carbocycles. The Bertz CT molecular complexity index is 461. The zero-order valence-corrected chi connectivity index (χ0v) is 8.15. The molecule has 0 fully saturated rings. The molecule has 72 valence electrons. The van der Waals surface area contributed by atoms with Gasteiger partial charge in [0.1, 0.15) is 17.0 Å². The first-order chi connectivity index (χ1) is 6.68. The number of hydrogen-bond donors (Lipinski definition) is 1. The summed E-state index contributed by atoms with van der Waals surface area (Å²) in [5.74, 6) is -0.985. The maximum Gasteiger partial charge on any atom is 0.339 e. The van der Waals surface area contributed by atoms with Gasteiger partial charge in [0, 0.05) is 18.6 Å². The lowest BCUT2D eigenvalue weighted by Crippen LogP contribution is -1.96. The van der Waals surface area contributed by atoms with Crippen molar-refractivity contribution in [3.05, 3.63) is 22.7 Å². The molecular formula is C8H7N3O2S. The molecule has 0 aromatic carbocycles. The number of nitrogens with zero attached hydrogens (tertiary/aromatic N) is 3. The minimum Gasteiger partial charge on any atom is -0.478 e. The fourth-order valence-electron chi connectivity index (χ4n) is 1.16. The molecule has 0 aliphatic carbocycles. The summed E-state index contributed by atoms with van der Waals surface area (Å²) in [5, 5.41) is 14.7. The van der Waals surface area contributed by atoms with Gasteiger partial charge < -0.3 is 5.11 Å². The number of aromatic nitrogens is 3. The summed E-state index contributed by atoms with van der Waals surface area (Å²) in [6, 6.07) is 0. The average Bonchev–Trinajstić information content (AvgIpc) is 2.70. The topological polar surface area (TPSA) is 68.0 Å². The van der Waals surface area contributed by atoms with E-state index in [1.165, 1.54) is 22.2 Å². The maximum absolute atomic E-state index is 10.9. The fraction of sp³-hybridized carbons (Fsp3) is 0.125. The third kappa shape index (κ3) is 1.39. The largest absolute Gasteiger partial charge is 0.478 e. The molecule has 0 amide bonds. The molecule has 2 rings (SSSR count). The van der Waals surface area contributed by atoms with Crippen molar-refractivity contribution in [2.75, 3.05) is 0 Å². The van der Waals surface area contributed by atoms with Gasteiger partial charge in [-0.3, -0.25) is 4.68 Å². The number of rotatable bonds is 2. The lowest BCUT2D eigenvalue weighted by molar-refractivity contribution is 0.0697. The molecule has 2 heterocycles. The molecule has 0 aliphatic heterocycles. The third-order valence-corrected chi connectivity index (χ3v) is 2.32. The van der Waals surface area contributed by atoms with E-state index in [4.69, 9.17) is 5.11 Å². The summed E-state index contributed by atoms with van der Waals surface area (Å²) in [4.78, 5) is 14.9. The van der Waals surface area contributed by atoms with Crippen LogP contribution < -0.4 is 0 Å². The van der Waals surface area contributed by atoms with Gasteiger partial charge in [-0.15, -0.1) is 11.3 Å². The van der Waals surface area contributed by atoms with Crippen LogP contribution in [0.4, 0.5) is 0 Å². The summed E-state index contributed by atoms with van der Waals surface area (Å²) in [6.07, 6.45) is 1.47. The summed E-state index contributed by atoms with van der Waals surface area (Å²) in [6.45, 7) is 0. The van der Waals surface area contributed by atoms with E-state index in [0.29, 0.717) is 11.4 Å². The standard InChI is InChI=1S/C8H7N3O2S/c1-11-2-5(8(12)13)7(10-11)6-3-14-4-9-6/h2-4H,1H3,(H,12,13). The highest BCUT2D eigenvalue weighted by atomic mass is 32.1. The summed E-state index contributed by atoms with van der Waals surface area (Å²) in [7, 11) is 1.68. The fourth-order valence-corrected chi connectivity index (χ4v) is 1.70. The lowest BCUT2D eigenvalue weighted by Gasteiger charge is -1.91. The van der Waals surface area contributed by atoms with Crippen molar-refractivity contribution in [1.82, 2.24) is 14.8 Å². The molecule has 0 unspecified atom stereocenters. The van der Waals surface area contributed by atoms with Crippen molar-refractivity contribution >= 4 is 17.3 Å². The molecule has 0 aliphatic rings. The molecular weight excluding hydrogens is 202 g/mol. The maximum atomic E-state index is 10.9. The number of aromatic carboxylic acids is 1. The lowest BCUT2D eigenvalue weighted by atomic mass is 10.2. The molecule has 1 N–H and O–H groups in total. The first-order valence-corrected chi connectivity index (χ1v) is 4.78. The van der Waals surface area contributed by atoms with E-state index in [1.54, 1.807) is 17.9 Å². The van der Waals surface area contributed by atoms with Gasteiger partial charge in [-0.1, -0.05) is 0 Å². The van der Waals surface area contributed by atoms with Crippen LogP contribution in [0.15, 0.2) is 17.1 Å².